The van der Waals surface area contributed by atoms with Gasteiger partial charge in [0.15, 0.2) is 0 Å². The zero-order chi connectivity index (χ0) is 16.0. The van der Waals surface area contributed by atoms with Gasteiger partial charge in [-0.05, 0) is 31.5 Å². The Morgan fingerprint density at radius 1 is 1.38 bits per heavy atom. The first kappa shape index (κ1) is 17.4. The molecule has 4 N–H and O–H groups in total. The summed E-state index contributed by atoms with van der Waals surface area (Å²) >= 11 is 0. The van der Waals surface area contributed by atoms with Gasteiger partial charge in [0.1, 0.15) is 0 Å². The summed E-state index contributed by atoms with van der Waals surface area (Å²) < 4.78 is 26.7. The number of carboxylic acid groups (broad SMARTS) is 1. The Kier molecular flexibility index (Phi) is 6.13. The van der Waals surface area contributed by atoms with E-state index in [1.807, 2.05) is 6.92 Å². The topological polar surface area (TPSA) is 116 Å². The molecule has 0 radical (unpaired) electrons. The number of hydrogen-bond donors (Lipinski definition) is 4. The van der Waals surface area contributed by atoms with E-state index in [0.29, 0.717) is 6.42 Å². The number of nitrogens with one attached hydrogen (secondary N) is 2. The highest BCUT2D eigenvalue weighted by atomic mass is 32.2. The van der Waals surface area contributed by atoms with Gasteiger partial charge >= 0.3 is 5.97 Å². The highest BCUT2D eigenvalue weighted by Crippen LogP contribution is 2.21. The first-order chi connectivity index (χ1) is 9.81. The molecule has 0 fully saturated rings. The zero-order valence-corrected chi connectivity index (χ0v) is 12.8. The summed E-state index contributed by atoms with van der Waals surface area (Å²) in [4.78, 5) is 11.1. The molecule has 0 aliphatic carbocycles. The average Bonchev–Trinajstić information content (AvgIpc) is 2.44. The minimum Gasteiger partial charge on any atom is -0.478 e. The molecule has 0 saturated carbocycles. The molecule has 21 heavy (non-hydrogen) atoms. The van der Waals surface area contributed by atoms with Crippen molar-refractivity contribution in [3.63, 3.8) is 0 Å². The Bertz CT molecular complexity index is 601. The number of sulfonamides is 1. The van der Waals surface area contributed by atoms with Gasteiger partial charge < -0.3 is 15.5 Å². The van der Waals surface area contributed by atoms with Gasteiger partial charge in [0.2, 0.25) is 10.0 Å². The lowest BCUT2D eigenvalue weighted by Gasteiger charge is -2.14. The maximum absolute atomic E-state index is 12.1. The molecule has 0 heterocycles. The molecule has 1 aromatic carbocycles. The standard InChI is InChI=1S/C13H20N2O5S/c1-3-9(2)15-21(19,20)10-4-5-12(14-6-7-16)11(8-10)13(17)18/h4-5,8-9,14-16H,3,6-7H2,1-2H3,(H,17,18). The van der Waals surface area contributed by atoms with E-state index in [1.165, 1.54) is 12.1 Å². The lowest BCUT2D eigenvalue weighted by atomic mass is 10.2. The molecule has 1 unspecified atom stereocenters. The molecule has 0 aliphatic heterocycles. The Balaban J connectivity index is 3.16. The number of benzene rings is 1. The van der Waals surface area contributed by atoms with Crippen molar-refractivity contribution >= 4 is 21.7 Å². The first-order valence-electron chi connectivity index (χ1n) is 6.56. The van der Waals surface area contributed by atoms with Crippen LogP contribution in [0.2, 0.25) is 0 Å². The van der Waals surface area contributed by atoms with Crippen molar-refractivity contribution in [2.45, 2.75) is 31.2 Å². The molecule has 1 atom stereocenters. The van der Waals surface area contributed by atoms with E-state index in [9.17, 15) is 13.2 Å². The summed E-state index contributed by atoms with van der Waals surface area (Å²) in [6, 6.07) is 3.57. The molecular formula is C13H20N2O5S. The summed E-state index contributed by atoms with van der Waals surface area (Å²) in [7, 11) is -3.76. The summed E-state index contributed by atoms with van der Waals surface area (Å²) in [5.41, 5.74) is 0.106. The number of aliphatic hydroxyl groups is 1. The molecule has 7 nitrogen and oxygen atoms in total. The van der Waals surface area contributed by atoms with Crippen LogP contribution in [-0.2, 0) is 10.0 Å². The second kappa shape index (κ2) is 7.39. The van der Waals surface area contributed by atoms with E-state index >= 15 is 0 Å². The Morgan fingerprint density at radius 2 is 2.05 bits per heavy atom. The van der Waals surface area contributed by atoms with E-state index in [1.54, 1.807) is 6.92 Å². The minimum absolute atomic E-state index is 0.102. The largest absolute Gasteiger partial charge is 0.478 e. The average molecular weight is 316 g/mol. The molecule has 0 aromatic heterocycles. The zero-order valence-electron chi connectivity index (χ0n) is 12.0. The minimum atomic E-state index is -3.76. The second-order valence-electron chi connectivity index (χ2n) is 4.59. The monoisotopic (exact) mass is 316 g/mol. The van der Waals surface area contributed by atoms with Crippen LogP contribution in [0.5, 0.6) is 0 Å². The van der Waals surface area contributed by atoms with Crippen molar-refractivity contribution in [2.75, 3.05) is 18.5 Å². The fourth-order valence-corrected chi connectivity index (χ4v) is 2.98. The molecule has 0 bridgehead atoms. The van der Waals surface area contributed by atoms with Gasteiger partial charge in [-0.1, -0.05) is 6.92 Å². The van der Waals surface area contributed by atoms with Gasteiger partial charge in [-0.3, -0.25) is 0 Å². The molecule has 0 spiro atoms. The molecule has 1 aromatic rings. The van der Waals surface area contributed by atoms with Crippen LogP contribution in [0.15, 0.2) is 23.1 Å². The van der Waals surface area contributed by atoms with Gasteiger partial charge in [-0.2, -0.15) is 0 Å². The van der Waals surface area contributed by atoms with E-state index in [0.717, 1.165) is 6.07 Å². The van der Waals surface area contributed by atoms with Gasteiger partial charge in [0, 0.05) is 18.3 Å². The summed E-state index contributed by atoms with van der Waals surface area (Å²) in [5.74, 6) is -1.24. The van der Waals surface area contributed by atoms with Gasteiger partial charge in [-0.15, -0.1) is 0 Å². The predicted molar refractivity (Wildman–Crippen MR) is 79.1 cm³/mol. The van der Waals surface area contributed by atoms with Crippen molar-refractivity contribution in [3.05, 3.63) is 23.8 Å². The van der Waals surface area contributed by atoms with Crippen LogP contribution < -0.4 is 10.0 Å². The molecule has 0 amide bonds. The van der Waals surface area contributed by atoms with Crippen LogP contribution in [0.4, 0.5) is 5.69 Å². The number of carboxylic acids is 1. The second-order valence-corrected chi connectivity index (χ2v) is 6.31. The van der Waals surface area contributed by atoms with Crippen LogP contribution in [0.25, 0.3) is 0 Å². The summed E-state index contributed by atoms with van der Waals surface area (Å²) in [6.07, 6.45) is 0.626. The molecule has 118 valence electrons. The van der Waals surface area contributed by atoms with Crippen molar-refractivity contribution in [3.8, 4) is 0 Å². The third kappa shape index (κ3) is 4.69. The molecule has 0 aliphatic rings. The number of anilines is 1. The highest BCUT2D eigenvalue weighted by molar-refractivity contribution is 7.89. The lowest BCUT2D eigenvalue weighted by molar-refractivity contribution is 0.0697. The fourth-order valence-electron chi connectivity index (χ4n) is 1.63. The lowest BCUT2D eigenvalue weighted by Crippen LogP contribution is -2.32. The first-order valence-corrected chi connectivity index (χ1v) is 8.04. The maximum atomic E-state index is 12.1. The van der Waals surface area contributed by atoms with E-state index in [4.69, 9.17) is 10.2 Å². The molecule has 8 heteroatoms. The van der Waals surface area contributed by atoms with E-state index in [2.05, 4.69) is 10.0 Å². The third-order valence-electron chi connectivity index (χ3n) is 2.93. The van der Waals surface area contributed by atoms with Gasteiger partial charge in [0.25, 0.3) is 0 Å². The Morgan fingerprint density at radius 3 is 2.57 bits per heavy atom. The number of aliphatic hydroxyl groups excluding tert-OH is 1. The quantitative estimate of drug-likeness (QED) is 0.565. The smallest absolute Gasteiger partial charge is 0.337 e. The van der Waals surface area contributed by atoms with Gasteiger partial charge in [0.05, 0.1) is 17.1 Å². The Labute approximate surface area is 124 Å². The number of rotatable bonds is 8. The van der Waals surface area contributed by atoms with Crippen LogP contribution in [0, 0.1) is 0 Å². The fraction of sp³-hybridized carbons (Fsp3) is 0.462. The van der Waals surface area contributed by atoms with Crippen molar-refractivity contribution in [1.29, 1.82) is 0 Å². The predicted octanol–water partition coefficient (Wildman–Crippen LogP) is 0.866. The number of hydrogen-bond acceptors (Lipinski definition) is 5. The van der Waals surface area contributed by atoms with Crippen LogP contribution in [-0.4, -0.2) is 43.8 Å². The van der Waals surface area contributed by atoms with Crippen LogP contribution in [0.1, 0.15) is 30.6 Å². The molecular weight excluding hydrogens is 296 g/mol. The number of aromatic carboxylic acids is 1. The SMILES string of the molecule is CCC(C)NS(=O)(=O)c1ccc(NCCO)c(C(=O)O)c1. The van der Waals surface area contributed by atoms with Gasteiger partial charge in [-0.25, -0.2) is 17.9 Å². The highest BCUT2D eigenvalue weighted by Gasteiger charge is 2.20. The summed E-state index contributed by atoms with van der Waals surface area (Å²) in [5, 5.41) is 20.6. The normalized spacial score (nSPS) is 12.9. The van der Waals surface area contributed by atoms with Crippen molar-refractivity contribution in [2.24, 2.45) is 0 Å². The van der Waals surface area contributed by atoms with Crippen LogP contribution >= 0.6 is 0 Å². The molecule has 1 rings (SSSR count). The Hall–Kier alpha value is -1.64. The molecule has 0 saturated heterocycles. The van der Waals surface area contributed by atoms with E-state index in [-0.39, 0.29) is 35.3 Å². The van der Waals surface area contributed by atoms with Crippen molar-refractivity contribution < 1.29 is 23.4 Å². The van der Waals surface area contributed by atoms with E-state index < -0.39 is 16.0 Å². The summed E-state index contributed by atoms with van der Waals surface area (Å²) in [6.45, 7) is 3.59. The van der Waals surface area contributed by atoms with Crippen LogP contribution in [0.3, 0.4) is 0 Å². The van der Waals surface area contributed by atoms with Crippen molar-refractivity contribution in [1.82, 2.24) is 4.72 Å². The maximum Gasteiger partial charge on any atom is 0.337 e. The third-order valence-corrected chi connectivity index (χ3v) is 4.51. The number of carbonyl (C=O) groups is 1.